The van der Waals surface area contributed by atoms with Gasteiger partial charge >= 0.3 is 0 Å². The summed E-state index contributed by atoms with van der Waals surface area (Å²) >= 11 is 0. The van der Waals surface area contributed by atoms with Crippen molar-refractivity contribution in [3.63, 3.8) is 0 Å². The normalized spacial score (nSPS) is 11.7. The highest BCUT2D eigenvalue weighted by molar-refractivity contribution is 5.58. The average Bonchev–Trinajstić information content (AvgIpc) is 2.05. The van der Waals surface area contributed by atoms with Crippen molar-refractivity contribution in [3.05, 3.63) is 35.9 Å². The molecule has 0 bridgehead atoms. The van der Waals surface area contributed by atoms with Crippen LogP contribution in [-0.4, -0.2) is 6.61 Å². The van der Waals surface area contributed by atoms with Gasteiger partial charge in [-0.05, 0) is 12.1 Å². The highest BCUT2D eigenvalue weighted by Crippen LogP contribution is 2.21. The Morgan fingerprint density at radius 1 is 1.17 bits per heavy atom. The lowest BCUT2D eigenvalue weighted by atomic mass is 10.1. The van der Waals surface area contributed by atoms with Crippen molar-refractivity contribution in [1.82, 2.24) is 6.15 Å². The molecule has 0 radical (unpaired) electrons. The van der Waals surface area contributed by atoms with Gasteiger partial charge in [-0.15, -0.1) is 0 Å². The van der Waals surface area contributed by atoms with Gasteiger partial charge in [0.1, 0.15) is 12.4 Å². The molecular weight excluding hydrogens is 150 g/mol. The lowest BCUT2D eigenvalue weighted by Crippen LogP contribution is -1.98. The number of hydrogen-bond donors (Lipinski definition) is 1. The summed E-state index contributed by atoms with van der Waals surface area (Å²) in [6.07, 6.45) is 4.10. The predicted octanol–water partition coefficient (Wildman–Crippen LogP) is 2.89. The van der Waals surface area contributed by atoms with E-state index in [4.69, 9.17) is 4.74 Å². The molecule has 0 saturated heterocycles. The highest BCUT2D eigenvalue weighted by Gasteiger charge is 2.01. The van der Waals surface area contributed by atoms with Crippen LogP contribution in [0.4, 0.5) is 0 Å². The Morgan fingerprint density at radius 3 is 2.67 bits per heavy atom. The maximum absolute atomic E-state index is 5.34. The minimum absolute atomic E-state index is 0. The van der Waals surface area contributed by atoms with E-state index in [0.29, 0.717) is 6.61 Å². The van der Waals surface area contributed by atoms with E-state index in [2.05, 4.69) is 6.08 Å². The summed E-state index contributed by atoms with van der Waals surface area (Å²) in [5.74, 6) is 0.991. The van der Waals surface area contributed by atoms with Gasteiger partial charge in [-0.25, -0.2) is 0 Å². The quantitative estimate of drug-likeness (QED) is 0.642. The van der Waals surface area contributed by atoms with Crippen LogP contribution in [0.2, 0.25) is 0 Å². The molecule has 0 saturated carbocycles. The zero-order valence-electron chi connectivity index (χ0n) is 6.29. The van der Waals surface area contributed by atoms with E-state index in [9.17, 15) is 0 Å². The van der Waals surface area contributed by atoms with Crippen molar-refractivity contribution >= 4 is 6.08 Å². The zero-order valence-corrected chi connectivity index (χ0v) is 6.29. The molecule has 1 aliphatic heterocycles. The van der Waals surface area contributed by atoms with Crippen LogP contribution in [0.15, 0.2) is 30.3 Å². The van der Waals surface area contributed by atoms with E-state index >= 15 is 0 Å². The molecule has 0 atom stereocenters. The lowest BCUT2D eigenvalue weighted by molar-refractivity contribution is 0.358. The first-order valence-electron chi connectivity index (χ1n) is 3.35. The molecule has 0 spiro atoms. The molecule has 1 heterocycles. The van der Waals surface area contributed by atoms with Crippen molar-refractivity contribution in [2.75, 3.05) is 6.61 Å². The topological polar surface area (TPSA) is 44.2 Å². The Bertz CT molecular complexity index is 268. The average molecular weight is 165 g/mol. The summed E-state index contributed by atoms with van der Waals surface area (Å²) in [6.45, 7) is 0.705. The third-order valence-corrected chi connectivity index (χ3v) is 1.55. The molecule has 0 aromatic heterocycles. The molecular formula is C10H15NO. The number of ether oxygens (including phenoxy) is 1. The highest BCUT2D eigenvalue weighted by atomic mass is 16.5. The zero-order chi connectivity index (χ0) is 6.81. The van der Waals surface area contributed by atoms with E-state index < -0.39 is 0 Å². The SMILES string of the molecule is C.C1=Cc2ccccc2OC1.N. The van der Waals surface area contributed by atoms with Crippen LogP contribution in [-0.2, 0) is 0 Å². The van der Waals surface area contributed by atoms with Gasteiger partial charge in [-0.1, -0.05) is 31.7 Å². The molecule has 2 rings (SSSR count). The minimum atomic E-state index is 0. The predicted molar refractivity (Wildman–Crippen MR) is 52.7 cm³/mol. The van der Waals surface area contributed by atoms with Crippen molar-refractivity contribution in [1.29, 1.82) is 0 Å². The third kappa shape index (κ3) is 1.86. The molecule has 1 aliphatic rings. The van der Waals surface area contributed by atoms with Crippen LogP contribution < -0.4 is 10.9 Å². The van der Waals surface area contributed by atoms with Crippen molar-refractivity contribution in [2.45, 2.75) is 7.43 Å². The summed E-state index contributed by atoms with van der Waals surface area (Å²) in [6, 6.07) is 8.03. The molecule has 1 aromatic carbocycles. The summed E-state index contributed by atoms with van der Waals surface area (Å²) in [5.41, 5.74) is 1.17. The lowest BCUT2D eigenvalue weighted by Gasteiger charge is -2.10. The molecule has 0 amide bonds. The smallest absolute Gasteiger partial charge is 0.126 e. The Kier molecular flexibility index (Phi) is 4.08. The van der Waals surface area contributed by atoms with Gasteiger partial charge in [-0.2, -0.15) is 0 Å². The first-order chi connectivity index (χ1) is 4.97. The van der Waals surface area contributed by atoms with Gasteiger partial charge in [0, 0.05) is 5.56 Å². The number of benzene rings is 1. The number of hydrogen-bond acceptors (Lipinski definition) is 2. The van der Waals surface area contributed by atoms with Crippen molar-refractivity contribution < 1.29 is 4.74 Å². The van der Waals surface area contributed by atoms with E-state index in [0.717, 1.165) is 5.75 Å². The molecule has 2 heteroatoms. The van der Waals surface area contributed by atoms with Crippen molar-refractivity contribution in [3.8, 4) is 5.75 Å². The number of fused-ring (bicyclic) bond motifs is 1. The first-order valence-corrected chi connectivity index (χ1v) is 3.35. The number of rotatable bonds is 0. The second kappa shape index (κ2) is 4.57. The fourth-order valence-corrected chi connectivity index (χ4v) is 1.06. The minimum Gasteiger partial charge on any atom is -0.489 e. The van der Waals surface area contributed by atoms with E-state index in [1.165, 1.54) is 5.56 Å². The fourth-order valence-electron chi connectivity index (χ4n) is 1.06. The van der Waals surface area contributed by atoms with Crippen molar-refractivity contribution in [2.24, 2.45) is 0 Å². The monoisotopic (exact) mass is 165 g/mol. The molecule has 2 nitrogen and oxygen atoms in total. The second-order valence-electron chi connectivity index (χ2n) is 2.25. The second-order valence-corrected chi connectivity index (χ2v) is 2.25. The Labute approximate surface area is 73.5 Å². The van der Waals surface area contributed by atoms with Gasteiger partial charge in [0.05, 0.1) is 0 Å². The standard InChI is InChI=1S/C9H8O.CH4.H3N/c1-2-6-9-8(4-1)5-3-7-10-9;;/h1-6H,7H2;1H4;1H3. The molecule has 12 heavy (non-hydrogen) atoms. The fraction of sp³-hybridized carbons (Fsp3) is 0.200. The van der Waals surface area contributed by atoms with Crippen LogP contribution >= 0.6 is 0 Å². The number of para-hydroxylation sites is 1. The third-order valence-electron chi connectivity index (χ3n) is 1.55. The van der Waals surface area contributed by atoms with Gasteiger partial charge < -0.3 is 10.9 Å². The van der Waals surface area contributed by atoms with E-state index in [1.807, 2.05) is 30.3 Å². The van der Waals surface area contributed by atoms with E-state index in [1.54, 1.807) is 0 Å². The van der Waals surface area contributed by atoms with Crippen LogP contribution in [0.3, 0.4) is 0 Å². The summed E-state index contributed by atoms with van der Waals surface area (Å²) in [5, 5.41) is 0. The van der Waals surface area contributed by atoms with Crippen LogP contribution in [0.1, 0.15) is 13.0 Å². The molecule has 0 fully saturated rings. The summed E-state index contributed by atoms with van der Waals surface area (Å²) < 4.78 is 5.34. The Morgan fingerprint density at radius 2 is 1.92 bits per heavy atom. The van der Waals surface area contributed by atoms with Crippen LogP contribution in [0.25, 0.3) is 6.08 Å². The molecule has 1 aromatic rings. The first kappa shape index (κ1) is 10.7. The van der Waals surface area contributed by atoms with Gasteiger partial charge in [-0.3, -0.25) is 0 Å². The van der Waals surface area contributed by atoms with Crippen LogP contribution in [0.5, 0.6) is 5.75 Å². The maximum atomic E-state index is 5.34. The van der Waals surface area contributed by atoms with Crippen LogP contribution in [0, 0.1) is 0 Å². The molecule has 3 N–H and O–H groups in total. The molecule has 66 valence electrons. The van der Waals surface area contributed by atoms with E-state index in [-0.39, 0.29) is 13.6 Å². The Hall–Kier alpha value is -1.28. The Balaban J connectivity index is 0.000000605. The van der Waals surface area contributed by atoms with Gasteiger partial charge in [0.2, 0.25) is 0 Å². The molecule has 0 aliphatic carbocycles. The summed E-state index contributed by atoms with van der Waals surface area (Å²) in [7, 11) is 0. The summed E-state index contributed by atoms with van der Waals surface area (Å²) in [4.78, 5) is 0. The van der Waals surface area contributed by atoms with Gasteiger partial charge in [0.15, 0.2) is 0 Å². The van der Waals surface area contributed by atoms with Gasteiger partial charge in [0.25, 0.3) is 0 Å². The largest absolute Gasteiger partial charge is 0.489 e. The maximum Gasteiger partial charge on any atom is 0.126 e. The molecule has 0 unspecified atom stereocenters.